The largest absolute Gasteiger partial charge is 0.322 e. The summed E-state index contributed by atoms with van der Waals surface area (Å²) in [5, 5.41) is 6.30. The zero-order valence-electron chi connectivity index (χ0n) is 23.7. The molecule has 2 bridgehead atoms. The van der Waals surface area contributed by atoms with E-state index in [1.54, 1.807) is 16.7 Å². The smallest absolute Gasteiger partial charge is 0.255 e. The van der Waals surface area contributed by atoms with Crippen LogP contribution in [0.5, 0.6) is 0 Å². The van der Waals surface area contributed by atoms with Crippen LogP contribution in [0.1, 0.15) is 85.8 Å². The summed E-state index contributed by atoms with van der Waals surface area (Å²) < 4.78 is 0. The molecule has 2 heterocycles. The Morgan fingerprint density at radius 2 is 1.73 bits per heavy atom. The number of carbonyl (C=O) groups excluding carboxylic acids is 3. The van der Waals surface area contributed by atoms with Crippen LogP contribution >= 0.6 is 11.8 Å². The first-order valence-corrected chi connectivity index (χ1v) is 16.0. The van der Waals surface area contributed by atoms with Gasteiger partial charge in [-0.3, -0.25) is 19.7 Å². The highest BCUT2D eigenvalue weighted by Crippen LogP contribution is 2.46. The zero-order chi connectivity index (χ0) is 27.9. The topological polar surface area (TPSA) is 78.5 Å². The van der Waals surface area contributed by atoms with E-state index in [-0.39, 0.29) is 29.7 Å². The fraction of sp³-hybridized carbons (Fsp3) is 0.545. The van der Waals surface area contributed by atoms with Crippen LogP contribution in [0.3, 0.4) is 0 Å². The number of imide groups is 1. The monoisotopic (exact) mass is 559 g/mol. The number of hydrogen-bond donors (Lipinski definition) is 2. The lowest BCUT2D eigenvalue weighted by Crippen LogP contribution is -2.52. The number of nitrogens with one attached hydrogen (secondary N) is 2. The first kappa shape index (κ1) is 27.5. The molecule has 0 aromatic heterocycles. The second-order valence-electron chi connectivity index (χ2n) is 13.0. The van der Waals surface area contributed by atoms with Crippen LogP contribution in [0.15, 0.2) is 47.4 Å². The van der Waals surface area contributed by atoms with E-state index in [4.69, 9.17) is 0 Å². The quantitative estimate of drug-likeness (QED) is 0.331. The molecule has 2 saturated carbocycles. The molecule has 3 unspecified atom stereocenters. The van der Waals surface area contributed by atoms with Crippen molar-refractivity contribution in [3.8, 4) is 0 Å². The molecule has 40 heavy (non-hydrogen) atoms. The van der Waals surface area contributed by atoms with E-state index in [0.29, 0.717) is 18.5 Å². The van der Waals surface area contributed by atoms with Gasteiger partial charge in [-0.1, -0.05) is 37.3 Å². The Bertz CT molecular complexity index is 1270. The molecule has 6 rings (SSSR count). The van der Waals surface area contributed by atoms with Gasteiger partial charge in [0.15, 0.2) is 0 Å². The van der Waals surface area contributed by atoms with Crippen molar-refractivity contribution < 1.29 is 14.4 Å². The molecular formula is C33H41N3O3S. The molecule has 3 fully saturated rings. The minimum absolute atomic E-state index is 0.115. The third-order valence-electron chi connectivity index (χ3n) is 9.55. The molecule has 3 atom stereocenters. The molecular weight excluding hydrogens is 518 g/mol. The number of fused-ring (bicyclic) bond motifs is 3. The first-order valence-electron chi connectivity index (χ1n) is 15.0. The number of aryl methyl sites for hydroxylation is 1. The van der Waals surface area contributed by atoms with Gasteiger partial charge in [0.25, 0.3) is 5.91 Å². The Balaban J connectivity index is 1.01. The lowest BCUT2D eigenvalue weighted by Gasteiger charge is -2.47. The summed E-state index contributed by atoms with van der Waals surface area (Å²) >= 11 is 1.77. The minimum Gasteiger partial charge on any atom is -0.322 e. The van der Waals surface area contributed by atoms with E-state index in [2.05, 4.69) is 54.8 Å². The van der Waals surface area contributed by atoms with Gasteiger partial charge in [0.2, 0.25) is 11.8 Å². The molecule has 1 saturated heterocycles. The normalized spacial score (nSPS) is 29.9. The highest BCUT2D eigenvalue weighted by Gasteiger charge is 2.41. The number of rotatable bonds is 8. The third-order valence-corrected chi connectivity index (χ3v) is 10.6. The molecule has 2 N–H and O–H groups in total. The number of piperidine rings is 1. The molecule has 6 nitrogen and oxygen atoms in total. The second kappa shape index (κ2) is 11.3. The Morgan fingerprint density at radius 3 is 2.45 bits per heavy atom. The van der Waals surface area contributed by atoms with Crippen LogP contribution < -0.4 is 10.6 Å². The van der Waals surface area contributed by atoms with Gasteiger partial charge in [-0.2, -0.15) is 0 Å². The van der Waals surface area contributed by atoms with Crippen molar-refractivity contribution in [1.29, 1.82) is 0 Å². The van der Waals surface area contributed by atoms with Gasteiger partial charge >= 0.3 is 0 Å². The molecule has 0 radical (unpaired) electrons. The van der Waals surface area contributed by atoms with Crippen molar-refractivity contribution in [1.82, 2.24) is 15.5 Å². The summed E-state index contributed by atoms with van der Waals surface area (Å²) in [4.78, 5) is 39.7. The summed E-state index contributed by atoms with van der Waals surface area (Å²) in [7, 11) is 0. The molecule has 0 spiro atoms. The number of thioether (sulfide) groups is 1. The van der Waals surface area contributed by atoms with Crippen molar-refractivity contribution >= 4 is 29.5 Å². The number of carbonyl (C=O) groups is 3. The van der Waals surface area contributed by atoms with E-state index in [1.807, 2.05) is 12.1 Å². The molecule has 212 valence electrons. The highest BCUT2D eigenvalue weighted by atomic mass is 32.2. The van der Waals surface area contributed by atoms with E-state index < -0.39 is 6.04 Å². The first-order chi connectivity index (χ1) is 19.3. The third kappa shape index (κ3) is 5.87. The van der Waals surface area contributed by atoms with Crippen LogP contribution in [-0.4, -0.2) is 40.0 Å². The summed E-state index contributed by atoms with van der Waals surface area (Å²) in [6.45, 7) is 6.21. The van der Waals surface area contributed by atoms with Crippen LogP contribution in [0.4, 0.5) is 0 Å². The standard InChI is InChI=1S/C33H41N3O3S/c1-21-14-24-16-25(15-21)18-33(2,17-24)34-19-23-8-6-22(7-9-23)12-13-40-29-5-3-4-26-27(29)20-36(32(26)39)28-10-11-30(37)35-31(28)38/h3-9,21,24-25,28,34H,10-20H2,1-2H3,(H,35,37,38). The summed E-state index contributed by atoms with van der Waals surface area (Å²) in [6, 6.07) is 14.3. The van der Waals surface area contributed by atoms with Gasteiger partial charge in [-0.25, -0.2) is 0 Å². The maximum absolute atomic E-state index is 13.1. The predicted octanol–water partition coefficient (Wildman–Crippen LogP) is 5.48. The van der Waals surface area contributed by atoms with E-state index in [0.717, 1.165) is 46.9 Å². The molecule has 3 amide bonds. The fourth-order valence-electron chi connectivity index (χ4n) is 7.84. The van der Waals surface area contributed by atoms with Gasteiger partial charge in [0.05, 0.1) is 0 Å². The Labute approximate surface area is 242 Å². The Hall–Kier alpha value is -2.64. The molecule has 2 aromatic rings. The van der Waals surface area contributed by atoms with Crippen LogP contribution in [0.2, 0.25) is 0 Å². The average Bonchev–Trinajstić information content (AvgIpc) is 3.24. The Morgan fingerprint density at radius 1 is 1.00 bits per heavy atom. The predicted molar refractivity (Wildman–Crippen MR) is 158 cm³/mol. The second-order valence-corrected chi connectivity index (χ2v) is 14.1. The van der Waals surface area contributed by atoms with Gasteiger partial charge in [0, 0.05) is 41.3 Å². The van der Waals surface area contributed by atoms with Gasteiger partial charge in [0.1, 0.15) is 6.04 Å². The molecule has 2 aromatic carbocycles. The lowest BCUT2D eigenvalue weighted by atomic mass is 9.62. The summed E-state index contributed by atoms with van der Waals surface area (Å²) in [5.41, 5.74) is 4.59. The van der Waals surface area contributed by atoms with Gasteiger partial charge in [-0.15, -0.1) is 11.8 Å². The summed E-state index contributed by atoms with van der Waals surface area (Å²) in [5.74, 6) is 2.86. The van der Waals surface area contributed by atoms with E-state index >= 15 is 0 Å². The van der Waals surface area contributed by atoms with E-state index in [1.165, 1.54) is 43.2 Å². The average molecular weight is 560 g/mol. The molecule has 2 aliphatic carbocycles. The summed E-state index contributed by atoms with van der Waals surface area (Å²) in [6.07, 6.45) is 8.47. The Kier molecular flexibility index (Phi) is 7.79. The number of hydrogen-bond acceptors (Lipinski definition) is 5. The van der Waals surface area contributed by atoms with Crippen LogP contribution in [-0.2, 0) is 29.1 Å². The van der Waals surface area contributed by atoms with Crippen molar-refractivity contribution in [3.63, 3.8) is 0 Å². The van der Waals surface area contributed by atoms with Crippen LogP contribution in [0.25, 0.3) is 0 Å². The van der Waals surface area contributed by atoms with Crippen molar-refractivity contribution in [2.75, 3.05) is 5.75 Å². The van der Waals surface area contributed by atoms with Gasteiger partial charge in [-0.05, 0) is 98.4 Å². The lowest BCUT2D eigenvalue weighted by molar-refractivity contribution is -0.136. The maximum atomic E-state index is 13.1. The molecule has 2 aliphatic heterocycles. The van der Waals surface area contributed by atoms with Crippen molar-refractivity contribution in [2.24, 2.45) is 17.8 Å². The number of benzene rings is 2. The molecule has 4 aliphatic rings. The van der Waals surface area contributed by atoms with E-state index in [9.17, 15) is 14.4 Å². The van der Waals surface area contributed by atoms with Crippen molar-refractivity contribution in [2.45, 2.75) is 94.8 Å². The number of amides is 3. The van der Waals surface area contributed by atoms with Crippen molar-refractivity contribution in [3.05, 3.63) is 64.7 Å². The highest BCUT2D eigenvalue weighted by molar-refractivity contribution is 7.99. The zero-order valence-corrected chi connectivity index (χ0v) is 24.5. The van der Waals surface area contributed by atoms with Crippen LogP contribution in [0, 0.1) is 17.8 Å². The minimum atomic E-state index is -0.576. The fourth-order valence-corrected chi connectivity index (χ4v) is 8.93. The van der Waals surface area contributed by atoms with Gasteiger partial charge < -0.3 is 10.2 Å². The number of nitrogens with zero attached hydrogens (tertiary/aromatic N) is 1. The SMILES string of the molecule is CC1CC2CC(C1)CC(C)(NCc1ccc(CCSc3cccc4c3CN(C3CCC(=O)NC3=O)C4=O)cc1)C2. The maximum Gasteiger partial charge on any atom is 0.255 e. The molecule has 7 heteroatoms.